The van der Waals surface area contributed by atoms with Crippen molar-refractivity contribution in [3.05, 3.63) is 46.9 Å². The molecule has 5 heteroatoms. The summed E-state index contributed by atoms with van der Waals surface area (Å²) in [4.78, 5) is 15.0. The second-order valence-electron chi connectivity index (χ2n) is 4.31. The predicted molar refractivity (Wildman–Crippen MR) is 75.2 cm³/mol. The molecule has 19 heavy (non-hydrogen) atoms. The number of hydrogen-bond donors (Lipinski definition) is 2. The van der Waals surface area contributed by atoms with Crippen LogP contribution in [0.2, 0.25) is 5.02 Å². The highest BCUT2D eigenvalue weighted by molar-refractivity contribution is 6.35. The van der Waals surface area contributed by atoms with Crippen LogP contribution in [0.25, 0.3) is 10.9 Å². The normalized spacial score (nSPS) is 10.7. The molecular formula is C14H14ClFN2O. The molecule has 0 saturated carbocycles. The minimum atomic E-state index is -0.447. The lowest BCUT2D eigenvalue weighted by Gasteiger charge is -2.03. The third kappa shape index (κ3) is 2.79. The number of aromatic nitrogens is 1. The number of para-hydroxylation sites is 1. The highest BCUT2D eigenvalue weighted by Gasteiger charge is 2.15. The zero-order valence-corrected chi connectivity index (χ0v) is 11.3. The number of halogens is 2. The van der Waals surface area contributed by atoms with Crippen LogP contribution in [-0.2, 0) is 0 Å². The Hall–Kier alpha value is -1.81. The summed E-state index contributed by atoms with van der Waals surface area (Å²) >= 11 is 6.07. The van der Waals surface area contributed by atoms with Crippen molar-refractivity contribution in [2.45, 2.75) is 13.3 Å². The topological polar surface area (TPSA) is 44.9 Å². The van der Waals surface area contributed by atoms with E-state index in [0.29, 0.717) is 10.7 Å². The van der Waals surface area contributed by atoms with E-state index in [1.807, 2.05) is 19.1 Å². The molecule has 0 bridgehead atoms. The van der Waals surface area contributed by atoms with E-state index in [9.17, 15) is 9.18 Å². The maximum absolute atomic E-state index is 12.5. The molecule has 0 aliphatic rings. The average Bonchev–Trinajstić information content (AvgIpc) is 2.68. The standard InChI is InChI=1S/C14H14ClFN2O/c1-8(16)6-7-17-14(19)12-9(2)10-4-3-5-11(15)13(10)18-12/h3-5,18H,1,6-7H2,2H3,(H,17,19). The van der Waals surface area contributed by atoms with Gasteiger partial charge in [0, 0.05) is 18.4 Å². The second kappa shape index (κ2) is 5.45. The van der Waals surface area contributed by atoms with E-state index in [2.05, 4.69) is 16.9 Å². The lowest BCUT2D eigenvalue weighted by molar-refractivity contribution is 0.0949. The minimum absolute atomic E-state index is 0.117. The Labute approximate surface area is 115 Å². The summed E-state index contributed by atoms with van der Waals surface area (Å²) in [7, 11) is 0. The molecule has 0 radical (unpaired) electrons. The van der Waals surface area contributed by atoms with Gasteiger partial charge < -0.3 is 10.3 Å². The van der Waals surface area contributed by atoms with Gasteiger partial charge in [0.2, 0.25) is 0 Å². The fourth-order valence-electron chi connectivity index (χ4n) is 1.94. The first kappa shape index (κ1) is 13.6. The van der Waals surface area contributed by atoms with Crippen LogP contribution in [-0.4, -0.2) is 17.4 Å². The summed E-state index contributed by atoms with van der Waals surface area (Å²) in [6, 6.07) is 5.49. The van der Waals surface area contributed by atoms with Gasteiger partial charge in [0.1, 0.15) is 5.69 Å². The number of hydrogen-bond acceptors (Lipinski definition) is 1. The van der Waals surface area contributed by atoms with Gasteiger partial charge in [0.05, 0.1) is 16.4 Å². The fraction of sp³-hybridized carbons (Fsp3) is 0.214. The molecular weight excluding hydrogens is 267 g/mol. The zero-order valence-electron chi connectivity index (χ0n) is 10.5. The first-order valence-corrected chi connectivity index (χ1v) is 6.26. The van der Waals surface area contributed by atoms with E-state index < -0.39 is 5.83 Å². The van der Waals surface area contributed by atoms with Crippen molar-refractivity contribution in [1.29, 1.82) is 0 Å². The maximum Gasteiger partial charge on any atom is 0.268 e. The number of H-pyrrole nitrogens is 1. The van der Waals surface area contributed by atoms with E-state index in [-0.39, 0.29) is 18.9 Å². The first-order valence-electron chi connectivity index (χ1n) is 5.89. The van der Waals surface area contributed by atoms with Crippen molar-refractivity contribution in [3.8, 4) is 0 Å². The van der Waals surface area contributed by atoms with Crippen LogP contribution in [0.5, 0.6) is 0 Å². The highest BCUT2D eigenvalue weighted by Crippen LogP contribution is 2.27. The summed E-state index contributed by atoms with van der Waals surface area (Å²) in [5.41, 5.74) is 2.02. The number of benzene rings is 1. The molecule has 1 amide bonds. The van der Waals surface area contributed by atoms with Crippen LogP contribution in [0, 0.1) is 6.92 Å². The number of aromatic amines is 1. The quantitative estimate of drug-likeness (QED) is 0.880. The minimum Gasteiger partial charge on any atom is -0.350 e. The van der Waals surface area contributed by atoms with Crippen molar-refractivity contribution in [1.82, 2.24) is 10.3 Å². The van der Waals surface area contributed by atoms with Crippen LogP contribution in [0.4, 0.5) is 4.39 Å². The number of carbonyl (C=O) groups is 1. The molecule has 2 aromatic rings. The Morgan fingerprint density at radius 3 is 2.89 bits per heavy atom. The van der Waals surface area contributed by atoms with Crippen molar-refractivity contribution >= 4 is 28.4 Å². The van der Waals surface area contributed by atoms with E-state index in [0.717, 1.165) is 16.5 Å². The third-order valence-corrected chi connectivity index (χ3v) is 3.27. The van der Waals surface area contributed by atoms with Gasteiger partial charge in [-0.3, -0.25) is 4.79 Å². The van der Waals surface area contributed by atoms with E-state index in [1.54, 1.807) is 6.07 Å². The van der Waals surface area contributed by atoms with Crippen LogP contribution in [0.3, 0.4) is 0 Å². The summed E-state index contributed by atoms with van der Waals surface area (Å²) in [5, 5.41) is 4.11. The summed E-state index contributed by atoms with van der Waals surface area (Å²) in [6.07, 6.45) is 0.117. The van der Waals surface area contributed by atoms with Crippen LogP contribution >= 0.6 is 11.6 Å². The Morgan fingerprint density at radius 1 is 1.53 bits per heavy atom. The smallest absolute Gasteiger partial charge is 0.268 e. The lowest BCUT2D eigenvalue weighted by atomic mass is 10.1. The maximum atomic E-state index is 12.5. The Morgan fingerprint density at radius 2 is 2.26 bits per heavy atom. The highest BCUT2D eigenvalue weighted by atomic mass is 35.5. The SMILES string of the molecule is C=C(F)CCNC(=O)c1[nH]c2c(Cl)cccc2c1C. The van der Waals surface area contributed by atoms with Gasteiger partial charge >= 0.3 is 0 Å². The lowest BCUT2D eigenvalue weighted by Crippen LogP contribution is -2.25. The van der Waals surface area contributed by atoms with Crippen molar-refractivity contribution in [3.63, 3.8) is 0 Å². The Bertz CT molecular complexity index is 648. The summed E-state index contributed by atoms with van der Waals surface area (Å²) in [5.74, 6) is -0.720. The van der Waals surface area contributed by atoms with Crippen molar-refractivity contribution in [2.75, 3.05) is 6.54 Å². The molecule has 0 atom stereocenters. The number of amides is 1. The molecule has 0 saturated heterocycles. The molecule has 0 fully saturated rings. The molecule has 1 heterocycles. The van der Waals surface area contributed by atoms with Gasteiger partial charge in [-0.25, -0.2) is 4.39 Å². The number of aryl methyl sites for hydroxylation is 1. The van der Waals surface area contributed by atoms with E-state index in [4.69, 9.17) is 11.6 Å². The zero-order chi connectivity index (χ0) is 14.0. The fourth-order valence-corrected chi connectivity index (χ4v) is 2.17. The Balaban J connectivity index is 2.25. The van der Waals surface area contributed by atoms with Crippen LogP contribution < -0.4 is 5.32 Å². The van der Waals surface area contributed by atoms with Gasteiger partial charge in [-0.15, -0.1) is 0 Å². The monoisotopic (exact) mass is 280 g/mol. The summed E-state index contributed by atoms with van der Waals surface area (Å²) in [6.45, 7) is 5.21. The number of rotatable bonds is 4. The van der Waals surface area contributed by atoms with E-state index in [1.165, 1.54) is 0 Å². The van der Waals surface area contributed by atoms with Gasteiger partial charge in [-0.05, 0) is 18.6 Å². The largest absolute Gasteiger partial charge is 0.350 e. The van der Waals surface area contributed by atoms with Crippen LogP contribution in [0.15, 0.2) is 30.6 Å². The number of nitrogens with one attached hydrogen (secondary N) is 2. The molecule has 0 aliphatic heterocycles. The van der Waals surface area contributed by atoms with Gasteiger partial charge in [0.15, 0.2) is 0 Å². The molecule has 1 aromatic carbocycles. The average molecular weight is 281 g/mol. The first-order chi connectivity index (χ1) is 9.00. The second-order valence-corrected chi connectivity index (χ2v) is 4.72. The molecule has 3 nitrogen and oxygen atoms in total. The molecule has 2 N–H and O–H groups in total. The van der Waals surface area contributed by atoms with Gasteiger partial charge in [0.25, 0.3) is 5.91 Å². The van der Waals surface area contributed by atoms with Gasteiger partial charge in [-0.1, -0.05) is 30.3 Å². The Kier molecular flexibility index (Phi) is 3.90. The molecule has 0 spiro atoms. The van der Waals surface area contributed by atoms with Crippen molar-refractivity contribution in [2.24, 2.45) is 0 Å². The molecule has 1 aromatic heterocycles. The number of carbonyl (C=O) groups excluding carboxylic acids is 1. The predicted octanol–water partition coefficient (Wildman–Crippen LogP) is 3.73. The molecule has 0 aliphatic carbocycles. The van der Waals surface area contributed by atoms with Crippen LogP contribution in [0.1, 0.15) is 22.5 Å². The van der Waals surface area contributed by atoms with E-state index >= 15 is 0 Å². The molecule has 2 rings (SSSR count). The molecule has 100 valence electrons. The number of fused-ring (bicyclic) bond motifs is 1. The van der Waals surface area contributed by atoms with Crippen molar-refractivity contribution < 1.29 is 9.18 Å². The third-order valence-electron chi connectivity index (χ3n) is 2.95. The van der Waals surface area contributed by atoms with Gasteiger partial charge in [-0.2, -0.15) is 0 Å². The molecule has 0 unspecified atom stereocenters. The summed E-state index contributed by atoms with van der Waals surface area (Å²) < 4.78 is 12.5.